The van der Waals surface area contributed by atoms with Gasteiger partial charge >= 0.3 is 0 Å². The number of hydrogen-bond acceptors (Lipinski definition) is 0. The molecule has 1 aromatic rings. The molecule has 15 heavy (non-hydrogen) atoms. The third-order valence-corrected chi connectivity index (χ3v) is 4.17. The molecule has 1 rings (SSSR count). The van der Waals surface area contributed by atoms with Gasteiger partial charge in [0.1, 0.15) is 0 Å². The number of benzene rings is 1. The second kappa shape index (κ2) is 5.69. The maximum Gasteiger partial charge on any atom is 0.0175 e. The molecule has 0 amide bonds. The molecule has 0 aliphatic carbocycles. The van der Waals surface area contributed by atoms with Crippen molar-refractivity contribution in [1.29, 1.82) is 0 Å². The van der Waals surface area contributed by atoms with Crippen molar-refractivity contribution in [2.75, 3.05) is 0 Å². The zero-order chi connectivity index (χ0) is 11.3. The molecule has 1 heteroatoms. The van der Waals surface area contributed by atoms with Gasteiger partial charge in [0.2, 0.25) is 0 Å². The maximum atomic E-state index is 3.46. The molecule has 1 aromatic carbocycles. The summed E-state index contributed by atoms with van der Waals surface area (Å²) in [4.78, 5) is 0. The molecule has 0 radical (unpaired) electrons. The van der Waals surface area contributed by atoms with E-state index in [0.29, 0.717) is 5.41 Å². The van der Waals surface area contributed by atoms with Crippen LogP contribution in [-0.4, -0.2) is 0 Å². The van der Waals surface area contributed by atoms with Crippen LogP contribution in [0.2, 0.25) is 0 Å². The lowest BCUT2D eigenvalue weighted by atomic mass is 9.79. The van der Waals surface area contributed by atoms with E-state index in [4.69, 9.17) is 0 Å². The highest BCUT2D eigenvalue weighted by Crippen LogP contribution is 2.31. The molecule has 0 saturated heterocycles. The van der Waals surface area contributed by atoms with Gasteiger partial charge in [0.05, 0.1) is 0 Å². The van der Waals surface area contributed by atoms with E-state index < -0.39 is 0 Å². The van der Waals surface area contributed by atoms with Crippen molar-refractivity contribution >= 4 is 15.9 Å². The van der Waals surface area contributed by atoms with Crippen LogP contribution in [0.4, 0.5) is 0 Å². The lowest BCUT2D eigenvalue weighted by Crippen LogP contribution is -2.14. The first-order chi connectivity index (χ1) is 7.09. The number of rotatable bonds is 5. The van der Waals surface area contributed by atoms with Crippen molar-refractivity contribution in [2.45, 2.75) is 46.5 Å². The van der Waals surface area contributed by atoms with Crippen LogP contribution in [0.1, 0.15) is 45.6 Å². The average molecular weight is 269 g/mol. The predicted molar refractivity (Wildman–Crippen MR) is 71.2 cm³/mol. The van der Waals surface area contributed by atoms with E-state index >= 15 is 0 Å². The topological polar surface area (TPSA) is 0 Å². The Labute approximate surface area is 102 Å². The van der Waals surface area contributed by atoms with E-state index in [2.05, 4.69) is 61.0 Å². The molecule has 0 aliphatic rings. The van der Waals surface area contributed by atoms with Crippen LogP contribution in [0.3, 0.4) is 0 Å². The van der Waals surface area contributed by atoms with Crippen LogP contribution in [0.15, 0.2) is 28.7 Å². The SMILES string of the molecule is CCC(C)(CC)CCc1ccc(Br)cc1. The van der Waals surface area contributed by atoms with Crippen molar-refractivity contribution in [2.24, 2.45) is 5.41 Å². The predicted octanol–water partition coefficient (Wildman–Crippen LogP) is 5.21. The molecule has 0 fully saturated rings. The zero-order valence-corrected chi connectivity index (χ0v) is 11.6. The van der Waals surface area contributed by atoms with Crippen molar-refractivity contribution in [3.05, 3.63) is 34.3 Å². The third kappa shape index (κ3) is 3.98. The fourth-order valence-electron chi connectivity index (χ4n) is 1.70. The Morgan fingerprint density at radius 2 is 1.60 bits per heavy atom. The summed E-state index contributed by atoms with van der Waals surface area (Å²) in [7, 11) is 0. The summed E-state index contributed by atoms with van der Waals surface area (Å²) in [5, 5.41) is 0. The summed E-state index contributed by atoms with van der Waals surface area (Å²) in [5.74, 6) is 0. The van der Waals surface area contributed by atoms with Gasteiger partial charge in [-0.05, 0) is 36.0 Å². The third-order valence-electron chi connectivity index (χ3n) is 3.64. The Hall–Kier alpha value is -0.300. The zero-order valence-electron chi connectivity index (χ0n) is 10.0. The van der Waals surface area contributed by atoms with Gasteiger partial charge in [-0.3, -0.25) is 0 Å². The first kappa shape index (κ1) is 12.8. The van der Waals surface area contributed by atoms with Crippen LogP contribution in [0.25, 0.3) is 0 Å². The second-order valence-electron chi connectivity index (χ2n) is 4.64. The van der Waals surface area contributed by atoms with Crippen molar-refractivity contribution < 1.29 is 0 Å². The fraction of sp³-hybridized carbons (Fsp3) is 0.571. The van der Waals surface area contributed by atoms with Crippen LogP contribution in [-0.2, 0) is 6.42 Å². The molecule has 0 spiro atoms. The van der Waals surface area contributed by atoms with E-state index in [1.807, 2.05) is 0 Å². The minimum atomic E-state index is 0.521. The molecule has 0 unspecified atom stereocenters. The molecular weight excluding hydrogens is 248 g/mol. The summed E-state index contributed by atoms with van der Waals surface area (Å²) in [5.41, 5.74) is 1.97. The molecule has 0 bridgehead atoms. The van der Waals surface area contributed by atoms with Crippen LogP contribution >= 0.6 is 15.9 Å². The summed E-state index contributed by atoms with van der Waals surface area (Å²) in [6.07, 6.45) is 5.05. The highest BCUT2D eigenvalue weighted by molar-refractivity contribution is 9.10. The van der Waals surface area contributed by atoms with E-state index in [1.54, 1.807) is 0 Å². The molecule has 0 saturated carbocycles. The van der Waals surface area contributed by atoms with Gasteiger partial charge < -0.3 is 0 Å². The van der Waals surface area contributed by atoms with Gasteiger partial charge in [-0.15, -0.1) is 0 Å². The number of hydrogen-bond donors (Lipinski definition) is 0. The summed E-state index contributed by atoms with van der Waals surface area (Å²) >= 11 is 3.46. The Morgan fingerprint density at radius 1 is 1.07 bits per heavy atom. The summed E-state index contributed by atoms with van der Waals surface area (Å²) in [6, 6.07) is 8.70. The lowest BCUT2D eigenvalue weighted by Gasteiger charge is -2.26. The Morgan fingerprint density at radius 3 is 2.07 bits per heavy atom. The second-order valence-corrected chi connectivity index (χ2v) is 5.56. The van der Waals surface area contributed by atoms with Crippen molar-refractivity contribution in [1.82, 2.24) is 0 Å². The largest absolute Gasteiger partial charge is 0.0649 e. The van der Waals surface area contributed by atoms with Gasteiger partial charge in [-0.25, -0.2) is 0 Å². The van der Waals surface area contributed by atoms with Crippen molar-refractivity contribution in [3.63, 3.8) is 0 Å². The highest BCUT2D eigenvalue weighted by atomic mass is 79.9. The molecular formula is C14H21Br. The van der Waals surface area contributed by atoms with Gasteiger partial charge in [-0.1, -0.05) is 61.7 Å². The van der Waals surface area contributed by atoms with E-state index in [1.165, 1.54) is 35.7 Å². The molecule has 0 N–H and O–H groups in total. The molecule has 0 aliphatic heterocycles. The van der Waals surface area contributed by atoms with Crippen LogP contribution in [0, 0.1) is 5.41 Å². The number of aryl methyl sites for hydroxylation is 1. The molecule has 84 valence electrons. The van der Waals surface area contributed by atoms with Gasteiger partial charge in [0.15, 0.2) is 0 Å². The minimum Gasteiger partial charge on any atom is -0.0649 e. The van der Waals surface area contributed by atoms with Gasteiger partial charge in [0.25, 0.3) is 0 Å². The van der Waals surface area contributed by atoms with E-state index in [9.17, 15) is 0 Å². The molecule has 0 nitrogen and oxygen atoms in total. The standard InChI is InChI=1S/C14H21Br/c1-4-14(3,5-2)11-10-12-6-8-13(15)9-7-12/h6-9H,4-5,10-11H2,1-3H3. The first-order valence-corrected chi connectivity index (χ1v) is 6.63. The Kier molecular flexibility index (Phi) is 4.85. The summed E-state index contributed by atoms with van der Waals surface area (Å²) in [6.45, 7) is 6.99. The first-order valence-electron chi connectivity index (χ1n) is 5.84. The van der Waals surface area contributed by atoms with E-state index in [0.717, 1.165) is 0 Å². The number of halogens is 1. The monoisotopic (exact) mass is 268 g/mol. The molecule has 0 aromatic heterocycles. The fourth-order valence-corrected chi connectivity index (χ4v) is 1.97. The van der Waals surface area contributed by atoms with E-state index in [-0.39, 0.29) is 0 Å². The van der Waals surface area contributed by atoms with Crippen LogP contribution in [0.5, 0.6) is 0 Å². The van der Waals surface area contributed by atoms with Gasteiger partial charge in [-0.2, -0.15) is 0 Å². The molecule has 0 heterocycles. The smallest absolute Gasteiger partial charge is 0.0175 e. The lowest BCUT2D eigenvalue weighted by molar-refractivity contribution is 0.273. The summed E-state index contributed by atoms with van der Waals surface area (Å²) < 4.78 is 1.17. The van der Waals surface area contributed by atoms with Crippen molar-refractivity contribution in [3.8, 4) is 0 Å². The van der Waals surface area contributed by atoms with Gasteiger partial charge in [0, 0.05) is 4.47 Å². The average Bonchev–Trinajstić information content (AvgIpc) is 2.28. The maximum absolute atomic E-state index is 3.46. The highest BCUT2D eigenvalue weighted by Gasteiger charge is 2.18. The van der Waals surface area contributed by atoms with Crippen LogP contribution < -0.4 is 0 Å². The molecule has 0 atom stereocenters. The Bertz CT molecular complexity index is 283. The Balaban J connectivity index is 2.53. The minimum absolute atomic E-state index is 0.521. The normalized spacial score (nSPS) is 11.7. The quantitative estimate of drug-likeness (QED) is 0.688.